The molecule has 0 saturated carbocycles. The van der Waals surface area contributed by atoms with Crippen LogP contribution in [0.15, 0.2) is 28.1 Å². The Morgan fingerprint density at radius 1 is 1.09 bits per heavy atom. The number of ether oxygens (including phenoxy) is 3. The molecule has 0 fully saturated rings. The van der Waals surface area contributed by atoms with Gasteiger partial charge in [0.25, 0.3) is 0 Å². The molecular weight excluding hydrogens is 366 g/mol. The second kappa shape index (κ2) is 7.85. The highest BCUT2D eigenvalue weighted by Crippen LogP contribution is 2.39. The van der Waals surface area contributed by atoms with Gasteiger partial charge in [0.05, 0.1) is 25.1 Å². The number of halogens is 1. The summed E-state index contributed by atoms with van der Waals surface area (Å²) >= 11 is 5.21. The summed E-state index contributed by atoms with van der Waals surface area (Å²) in [4.78, 5) is 1.28. The standard InChI is InChI=1S/C16H20BrNO3S/c1-10(18-9-12-5-6-15(17)22-12)11-7-13(19-2)16(21-4)14(8-11)20-3/h5-8,10,18H,9H2,1-4H3. The zero-order valence-corrected chi connectivity index (χ0v) is 15.5. The van der Waals surface area contributed by atoms with Crippen LogP contribution in [-0.4, -0.2) is 21.3 Å². The van der Waals surface area contributed by atoms with Crippen molar-refractivity contribution < 1.29 is 14.2 Å². The van der Waals surface area contributed by atoms with Crippen LogP contribution < -0.4 is 19.5 Å². The smallest absolute Gasteiger partial charge is 0.203 e. The number of benzene rings is 1. The van der Waals surface area contributed by atoms with Crippen LogP contribution in [0.3, 0.4) is 0 Å². The molecule has 0 spiro atoms. The Labute approximate surface area is 143 Å². The van der Waals surface area contributed by atoms with Crippen LogP contribution in [0.4, 0.5) is 0 Å². The van der Waals surface area contributed by atoms with Gasteiger partial charge in [0.1, 0.15) is 0 Å². The molecule has 0 bridgehead atoms. The SMILES string of the molecule is COc1cc(C(C)NCc2ccc(Br)s2)cc(OC)c1OC. The van der Waals surface area contributed by atoms with Gasteiger partial charge < -0.3 is 19.5 Å². The van der Waals surface area contributed by atoms with E-state index in [1.807, 2.05) is 12.1 Å². The van der Waals surface area contributed by atoms with Gasteiger partial charge in [0, 0.05) is 17.5 Å². The molecule has 120 valence electrons. The molecule has 0 aliphatic carbocycles. The first-order valence-corrected chi connectivity index (χ1v) is 8.47. The van der Waals surface area contributed by atoms with Crippen molar-refractivity contribution in [2.45, 2.75) is 19.5 Å². The molecule has 0 amide bonds. The van der Waals surface area contributed by atoms with Crippen molar-refractivity contribution in [2.75, 3.05) is 21.3 Å². The summed E-state index contributed by atoms with van der Waals surface area (Å²) in [6.07, 6.45) is 0. The van der Waals surface area contributed by atoms with E-state index in [9.17, 15) is 0 Å². The number of nitrogens with one attached hydrogen (secondary N) is 1. The normalized spacial score (nSPS) is 12.0. The molecule has 0 aliphatic heterocycles. The molecule has 1 N–H and O–H groups in total. The first-order chi connectivity index (χ1) is 10.6. The first kappa shape index (κ1) is 17.1. The number of rotatable bonds is 7. The fourth-order valence-electron chi connectivity index (χ4n) is 2.17. The van der Waals surface area contributed by atoms with E-state index in [2.05, 4.69) is 40.3 Å². The molecule has 2 aromatic rings. The fourth-order valence-corrected chi connectivity index (χ4v) is 3.60. The lowest BCUT2D eigenvalue weighted by atomic mass is 10.1. The lowest BCUT2D eigenvalue weighted by molar-refractivity contribution is 0.323. The van der Waals surface area contributed by atoms with Crippen molar-refractivity contribution in [3.8, 4) is 17.2 Å². The van der Waals surface area contributed by atoms with E-state index in [-0.39, 0.29) is 6.04 Å². The molecule has 0 saturated heterocycles. The van der Waals surface area contributed by atoms with Crippen molar-refractivity contribution >= 4 is 27.3 Å². The van der Waals surface area contributed by atoms with Crippen molar-refractivity contribution in [2.24, 2.45) is 0 Å². The Bertz CT molecular complexity index is 605. The van der Waals surface area contributed by atoms with Gasteiger partial charge >= 0.3 is 0 Å². The summed E-state index contributed by atoms with van der Waals surface area (Å²) in [5.41, 5.74) is 1.09. The first-order valence-electron chi connectivity index (χ1n) is 6.86. The zero-order valence-electron chi connectivity index (χ0n) is 13.1. The van der Waals surface area contributed by atoms with Gasteiger partial charge in [-0.1, -0.05) is 0 Å². The summed E-state index contributed by atoms with van der Waals surface area (Å²) in [5, 5.41) is 3.51. The highest BCUT2D eigenvalue weighted by atomic mass is 79.9. The molecule has 4 nitrogen and oxygen atoms in total. The molecule has 2 rings (SSSR count). The van der Waals surface area contributed by atoms with Crippen LogP contribution in [-0.2, 0) is 6.54 Å². The quantitative estimate of drug-likeness (QED) is 0.766. The second-order valence-corrected chi connectivity index (χ2v) is 7.31. The van der Waals surface area contributed by atoms with Gasteiger partial charge in [0.2, 0.25) is 5.75 Å². The lowest BCUT2D eigenvalue weighted by Crippen LogP contribution is -2.17. The summed E-state index contributed by atoms with van der Waals surface area (Å²) in [7, 11) is 4.86. The summed E-state index contributed by atoms with van der Waals surface area (Å²) in [5.74, 6) is 1.96. The molecule has 22 heavy (non-hydrogen) atoms. The van der Waals surface area contributed by atoms with Gasteiger partial charge in [-0.2, -0.15) is 0 Å². The number of hydrogen-bond donors (Lipinski definition) is 1. The van der Waals surface area contributed by atoms with Gasteiger partial charge in [-0.05, 0) is 52.7 Å². The summed E-state index contributed by atoms with van der Waals surface area (Å²) < 4.78 is 17.3. The van der Waals surface area contributed by atoms with E-state index in [4.69, 9.17) is 14.2 Å². The van der Waals surface area contributed by atoms with Crippen molar-refractivity contribution in [1.29, 1.82) is 0 Å². The van der Waals surface area contributed by atoms with E-state index in [0.29, 0.717) is 17.2 Å². The molecular formula is C16H20BrNO3S. The van der Waals surface area contributed by atoms with Gasteiger partial charge in [-0.25, -0.2) is 0 Å². The molecule has 0 aliphatic rings. The van der Waals surface area contributed by atoms with Gasteiger partial charge in [0.15, 0.2) is 11.5 Å². The second-order valence-electron chi connectivity index (χ2n) is 4.77. The number of hydrogen-bond acceptors (Lipinski definition) is 5. The molecule has 1 atom stereocenters. The maximum absolute atomic E-state index is 5.40. The van der Waals surface area contributed by atoms with Crippen LogP contribution in [0.25, 0.3) is 0 Å². The third-order valence-corrected chi connectivity index (χ3v) is 5.02. The van der Waals surface area contributed by atoms with E-state index < -0.39 is 0 Å². The van der Waals surface area contributed by atoms with Crippen LogP contribution in [0, 0.1) is 0 Å². The predicted molar refractivity (Wildman–Crippen MR) is 93.4 cm³/mol. The van der Waals surface area contributed by atoms with Crippen LogP contribution >= 0.6 is 27.3 Å². The third-order valence-electron chi connectivity index (χ3n) is 3.40. The molecule has 1 heterocycles. The Hall–Kier alpha value is -1.24. The Morgan fingerprint density at radius 2 is 1.73 bits per heavy atom. The highest BCUT2D eigenvalue weighted by Gasteiger charge is 2.16. The maximum Gasteiger partial charge on any atom is 0.203 e. The summed E-state index contributed by atoms with van der Waals surface area (Å²) in [6.45, 7) is 2.93. The van der Waals surface area contributed by atoms with Gasteiger partial charge in [-0.15, -0.1) is 11.3 Å². The average Bonchev–Trinajstić information content (AvgIpc) is 2.96. The van der Waals surface area contributed by atoms with E-state index in [0.717, 1.165) is 15.9 Å². The minimum absolute atomic E-state index is 0.162. The Balaban J connectivity index is 2.16. The molecule has 6 heteroatoms. The van der Waals surface area contributed by atoms with E-state index in [1.165, 1.54) is 4.88 Å². The highest BCUT2D eigenvalue weighted by molar-refractivity contribution is 9.11. The predicted octanol–water partition coefficient (Wildman–Crippen LogP) is 4.39. The number of methoxy groups -OCH3 is 3. The average molecular weight is 386 g/mol. The van der Waals surface area contributed by atoms with E-state index in [1.54, 1.807) is 32.7 Å². The molecule has 1 aromatic heterocycles. The van der Waals surface area contributed by atoms with Crippen LogP contribution in [0.2, 0.25) is 0 Å². The Kier molecular flexibility index (Phi) is 6.11. The largest absolute Gasteiger partial charge is 0.493 e. The molecule has 1 unspecified atom stereocenters. The van der Waals surface area contributed by atoms with Crippen molar-refractivity contribution in [3.63, 3.8) is 0 Å². The molecule has 1 aromatic carbocycles. The lowest BCUT2D eigenvalue weighted by Gasteiger charge is -2.18. The van der Waals surface area contributed by atoms with Crippen LogP contribution in [0.5, 0.6) is 17.2 Å². The zero-order chi connectivity index (χ0) is 16.1. The summed E-state index contributed by atoms with van der Waals surface area (Å²) in [6, 6.07) is 8.29. The third kappa shape index (κ3) is 3.94. The van der Waals surface area contributed by atoms with Crippen molar-refractivity contribution in [3.05, 3.63) is 38.5 Å². The minimum Gasteiger partial charge on any atom is -0.493 e. The van der Waals surface area contributed by atoms with Gasteiger partial charge in [-0.3, -0.25) is 0 Å². The maximum atomic E-state index is 5.40. The van der Waals surface area contributed by atoms with E-state index >= 15 is 0 Å². The topological polar surface area (TPSA) is 39.7 Å². The minimum atomic E-state index is 0.162. The monoisotopic (exact) mass is 385 g/mol. The number of thiophene rings is 1. The molecule has 0 radical (unpaired) electrons. The fraction of sp³-hybridized carbons (Fsp3) is 0.375. The Morgan fingerprint density at radius 3 is 2.18 bits per heavy atom. The van der Waals surface area contributed by atoms with Crippen molar-refractivity contribution in [1.82, 2.24) is 5.32 Å². The van der Waals surface area contributed by atoms with Crippen LogP contribution in [0.1, 0.15) is 23.4 Å².